The van der Waals surface area contributed by atoms with E-state index in [2.05, 4.69) is 15.0 Å². The van der Waals surface area contributed by atoms with E-state index < -0.39 is 0 Å². The van der Waals surface area contributed by atoms with E-state index in [0.29, 0.717) is 16.9 Å². The molecule has 0 saturated carbocycles. The fraction of sp³-hybridized carbons (Fsp3) is 0.400. The van der Waals surface area contributed by atoms with Gasteiger partial charge >= 0.3 is 0 Å². The average molecular weight is 290 g/mol. The lowest BCUT2D eigenvalue weighted by atomic mass is 10.1. The highest BCUT2D eigenvalue weighted by Crippen LogP contribution is 2.27. The van der Waals surface area contributed by atoms with Crippen LogP contribution in [0.5, 0.6) is 5.88 Å². The summed E-state index contributed by atoms with van der Waals surface area (Å²) in [5.41, 5.74) is 3.07. The Morgan fingerprint density at radius 1 is 1.10 bits per heavy atom. The molecule has 0 N–H and O–H groups in total. The van der Waals surface area contributed by atoms with Crippen LogP contribution in [0.4, 0.5) is 0 Å². The molecule has 0 radical (unpaired) electrons. The molecule has 0 unspecified atom stereocenters. The van der Waals surface area contributed by atoms with Crippen LogP contribution in [0.3, 0.4) is 0 Å². The summed E-state index contributed by atoms with van der Waals surface area (Å²) >= 11 is 6.33. The predicted octanol–water partition coefficient (Wildman–Crippen LogP) is 3.47. The molecule has 1 aliphatic rings. The van der Waals surface area contributed by atoms with Gasteiger partial charge in [-0.2, -0.15) is 0 Å². The van der Waals surface area contributed by atoms with Crippen molar-refractivity contribution in [3.8, 4) is 17.3 Å². The zero-order chi connectivity index (χ0) is 13.9. The highest BCUT2D eigenvalue weighted by atomic mass is 35.5. The van der Waals surface area contributed by atoms with Gasteiger partial charge in [0, 0.05) is 29.1 Å². The van der Waals surface area contributed by atoms with Crippen LogP contribution in [0.25, 0.3) is 11.4 Å². The van der Waals surface area contributed by atoms with Gasteiger partial charge in [-0.3, -0.25) is 0 Å². The number of pyridine rings is 1. The van der Waals surface area contributed by atoms with Crippen LogP contribution in [0.2, 0.25) is 5.15 Å². The Morgan fingerprint density at radius 3 is 2.70 bits per heavy atom. The van der Waals surface area contributed by atoms with E-state index in [1.54, 1.807) is 19.4 Å². The van der Waals surface area contributed by atoms with Crippen LogP contribution >= 0.6 is 11.6 Å². The second-order valence-corrected chi connectivity index (χ2v) is 5.27. The summed E-state index contributed by atoms with van der Waals surface area (Å²) in [5, 5.41) is 0.586. The lowest BCUT2D eigenvalue weighted by Gasteiger charge is -2.09. The highest BCUT2D eigenvalue weighted by Gasteiger charge is 2.16. The first-order chi connectivity index (χ1) is 9.78. The Hall–Kier alpha value is -1.68. The molecule has 2 aromatic heterocycles. The maximum absolute atomic E-state index is 6.33. The first-order valence-electron chi connectivity index (χ1n) is 6.83. The van der Waals surface area contributed by atoms with Gasteiger partial charge in [0.15, 0.2) is 5.82 Å². The third kappa shape index (κ3) is 2.61. The molecule has 2 aromatic rings. The second-order valence-electron chi connectivity index (χ2n) is 4.91. The standard InChI is InChI=1S/C15H16ClN3O/c1-20-13-8-7-10(9-17-13)15-18-12-6-4-2-3-5-11(12)14(16)19-15/h7-9H,2-6H2,1H3. The molecule has 0 saturated heterocycles. The van der Waals surface area contributed by atoms with E-state index in [9.17, 15) is 0 Å². The van der Waals surface area contributed by atoms with Crippen molar-refractivity contribution in [1.29, 1.82) is 0 Å². The molecule has 0 aromatic carbocycles. The number of halogens is 1. The van der Waals surface area contributed by atoms with Gasteiger partial charge < -0.3 is 4.74 Å². The third-order valence-electron chi connectivity index (χ3n) is 3.59. The number of ether oxygens (including phenoxy) is 1. The molecule has 0 atom stereocenters. The van der Waals surface area contributed by atoms with Gasteiger partial charge in [0.2, 0.25) is 5.88 Å². The van der Waals surface area contributed by atoms with Crippen LogP contribution in [0.1, 0.15) is 30.5 Å². The topological polar surface area (TPSA) is 47.9 Å². The summed E-state index contributed by atoms with van der Waals surface area (Å²) in [6.07, 6.45) is 7.24. The molecule has 3 rings (SSSR count). The van der Waals surface area contributed by atoms with E-state index in [-0.39, 0.29) is 0 Å². The molecule has 2 heterocycles. The summed E-state index contributed by atoms with van der Waals surface area (Å²) in [5.74, 6) is 1.22. The number of aromatic nitrogens is 3. The first-order valence-corrected chi connectivity index (χ1v) is 7.21. The van der Waals surface area contributed by atoms with Crippen molar-refractivity contribution in [1.82, 2.24) is 15.0 Å². The minimum Gasteiger partial charge on any atom is -0.481 e. The maximum Gasteiger partial charge on any atom is 0.212 e. The molecule has 104 valence electrons. The SMILES string of the molecule is COc1ccc(-c2nc(Cl)c3c(n2)CCCCC3)cn1. The molecular weight excluding hydrogens is 274 g/mol. The fourth-order valence-corrected chi connectivity index (χ4v) is 2.77. The van der Waals surface area contributed by atoms with Crippen molar-refractivity contribution in [2.45, 2.75) is 32.1 Å². The van der Waals surface area contributed by atoms with Crippen LogP contribution < -0.4 is 4.74 Å². The minimum atomic E-state index is 0.578. The molecule has 0 aliphatic heterocycles. The van der Waals surface area contributed by atoms with Crippen LogP contribution in [-0.2, 0) is 12.8 Å². The summed E-state index contributed by atoms with van der Waals surface area (Å²) in [7, 11) is 1.60. The van der Waals surface area contributed by atoms with Gasteiger partial charge in [-0.15, -0.1) is 0 Å². The minimum absolute atomic E-state index is 0.578. The van der Waals surface area contributed by atoms with Crippen molar-refractivity contribution in [2.75, 3.05) is 7.11 Å². The van der Waals surface area contributed by atoms with E-state index in [1.165, 1.54) is 19.3 Å². The first kappa shape index (κ1) is 13.3. The number of methoxy groups -OCH3 is 1. The average Bonchev–Trinajstić information content (AvgIpc) is 2.73. The Balaban J connectivity index is 2.01. The fourth-order valence-electron chi connectivity index (χ4n) is 2.49. The summed E-state index contributed by atoms with van der Waals surface area (Å²) in [6, 6.07) is 3.71. The zero-order valence-corrected chi connectivity index (χ0v) is 12.2. The molecule has 4 nitrogen and oxygen atoms in total. The summed E-state index contributed by atoms with van der Waals surface area (Å²) < 4.78 is 5.06. The van der Waals surface area contributed by atoms with Crippen molar-refractivity contribution >= 4 is 11.6 Å². The van der Waals surface area contributed by atoms with Gasteiger partial charge in [-0.05, 0) is 31.7 Å². The largest absolute Gasteiger partial charge is 0.481 e. The number of aryl methyl sites for hydroxylation is 1. The second kappa shape index (κ2) is 5.75. The van der Waals surface area contributed by atoms with Crippen molar-refractivity contribution < 1.29 is 4.74 Å². The number of fused-ring (bicyclic) bond motifs is 1. The van der Waals surface area contributed by atoms with Gasteiger partial charge in [0.05, 0.1) is 7.11 Å². The van der Waals surface area contributed by atoms with Crippen molar-refractivity contribution in [3.05, 3.63) is 34.7 Å². The number of nitrogens with zero attached hydrogens (tertiary/aromatic N) is 3. The molecule has 20 heavy (non-hydrogen) atoms. The molecule has 0 fully saturated rings. The quantitative estimate of drug-likeness (QED) is 0.627. The molecule has 0 bridgehead atoms. The Kier molecular flexibility index (Phi) is 3.83. The van der Waals surface area contributed by atoms with Gasteiger partial charge in [-0.25, -0.2) is 15.0 Å². The molecule has 5 heteroatoms. The normalized spacial score (nSPS) is 14.5. The zero-order valence-electron chi connectivity index (χ0n) is 11.4. The van der Waals surface area contributed by atoms with E-state index in [1.807, 2.05) is 6.07 Å². The lowest BCUT2D eigenvalue weighted by molar-refractivity contribution is 0.398. The number of rotatable bonds is 2. The molecule has 0 amide bonds. The van der Waals surface area contributed by atoms with Crippen LogP contribution in [0, 0.1) is 0 Å². The Bertz CT molecular complexity index is 613. The maximum atomic E-state index is 6.33. The monoisotopic (exact) mass is 289 g/mol. The van der Waals surface area contributed by atoms with E-state index in [0.717, 1.165) is 29.7 Å². The van der Waals surface area contributed by atoms with E-state index in [4.69, 9.17) is 16.3 Å². The molecule has 0 spiro atoms. The Morgan fingerprint density at radius 2 is 1.95 bits per heavy atom. The Labute approximate surface area is 123 Å². The third-order valence-corrected chi connectivity index (χ3v) is 3.90. The van der Waals surface area contributed by atoms with Crippen molar-refractivity contribution in [2.24, 2.45) is 0 Å². The van der Waals surface area contributed by atoms with Gasteiger partial charge in [0.25, 0.3) is 0 Å². The summed E-state index contributed by atoms with van der Waals surface area (Å²) in [4.78, 5) is 13.3. The number of hydrogen-bond acceptors (Lipinski definition) is 4. The molecular formula is C15H16ClN3O. The lowest BCUT2D eigenvalue weighted by Crippen LogP contribution is -2.02. The molecule has 1 aliphatic carbocycles. The van der Waals surface area contributed by atoms with Gasteiger partial charge in [-0.1, -0.05) is 18.0 Å². The van der Waals surface area contributed by atoms with Crippen molar-refractivity contribution in [3.63, 3.8) is 0 Å². The highest BCUT2D eigenvalue weighted by molar-refractivity contribution is 6.30. The van der Waals surface area contributed by atoms with Crippen LogP contribution in [-0.4, -0.2) is 22.1 Å². The smallest absolute Gasteiger partial charge is 0.212 e. The summed E-state index contributed by atoms with van der Waals surface area (Å²) in [6.45, 7) is 0. The van der Waals surface area contributed by atoms with Crippen LogP contribution in [0.15, 0.2) is 18.3 Å². The van der Waals surface area contributed by atoms with E-state index >= 15 is 0 Å². The predicted molar refractivity (Wildman–Crippen MR) is 78.1 cm³/mol. The number of hydrogen-bond donors (Lipinski definition) is 0. The van der Waals surface area contributed by atoms with Gasteiger partial charge in [0.1, 0.15) is 5.15 Å².